The molecular weight excluding hydrogens is 240 g/mol. The topological polar surface area (TPSA) is 29.5 Å². The summed E-state index contributed by atoms with van der Waals surface area (Å²) in [7, 11) is 2.97. The van der Waals surface area contributed by atoms with Gasteiger partial charge in [0.05, 0.1) is 0 Å². The monoisotopic (exact) mass is 257 g/mol. The molecule has 0 saturated carbocycles. The number of hydrogen-bond acceptors (Lipinski definition) is 2. The van der Waals surface area contributed by atoms with Crippen molar-refractivity contribution in [2.45, 2.75) is 26.2 Å². The highest BCUT2D eigenvalue weighted by Crippen LogP contribution is 2.30. The number of benzene rings is 1. The zero-order chi connectivity index (χ0) is 14.1. The molecule has 0 aromatic heterocycles. The van der Waals surface area contributed by atoms with E-state index in [-0.39, 0.29) is 11.3 Å². The summed E-state index contributed by atoms with van der Waals surface area (Å²) < 4.78 is 32.4. The third-order valence-electron chi connectivity index (χ3n) is 2.34. The third kappa shape index (κ3) is 3.18. The summed E-state index contributed by atoms with van der Waals surface area (Å²) in [5, 5.41) is 0. The fraction of sp³-hybridized carbons (Fsp3) is 0.462. The number of amides is 1. The van der Waals surface area contributed by atoms with Crippen molar-refractivity contribution in [3.63, 3.8) is 0 Å². The molecule has 0 aliphatic rings. The molecule has 0 atom stereocenters. The number of carbonyl (C=O) groups is 1. The molecule has 0 radical (unpaired) electrons. The molecule has 18 heavy (non-hydrogen) atoms. The number of hydrogen-bond donors (Lipinski definition) is 0. The largest absolute Gasteiger partial charge is 0.414 e. The van der Waals surface area contributed by atoms with E-state index in [0.717, 1.165) is 12.1 Å². The number of ether oxygens (including phenoxy) is 1. The van der Waals surface area contributed by atoms with E-state index in [1.54, 1.807) is 20.8 Å². The van der Waals surface area contributed by atoms with Crippen molar-refractivity contribution < 1.29 is 18.3 Å². The minimum absolute atomic E-state index is 0.0212. The van der Waals surface area contributed by atoms with E-state index < -0.39 is 23.1 Å². The average molecular weight is 257 g/mol. The highest BCUT2D eigenvalue weighted by molar-refractivity contribution is 5.70. The van der Waals surface area contributed by atoms with Crippen molar-refractivity contribution in [3.05, 3.63) is 29.3 Å². The predicted molar refractivity (Wildman–Crippen MR) is 64.8 cm³/mol. The predicted octanol–water partition coefficient (Wildman–Crippen LogP) is 3.32. The van der Waals surface area contributed by atoms with E-state index in [9.17, 15) is 13.6 Å². The summed E-state index contributed by atoms with van der Waals surface area (Å²) in [5.41, 5.74) is -0.676. The Morgan fingerprint density at radius 2 is 1.61 bits per heavy atom. The molecule has 1 aromatic rings. The molecule has 1 aromatic carbocycles. The fourth-order valence-electron chi connectivity index (χ4n) is 1.52. The average Bonchev–Trinajstić information content (AvgIpc) is 2.13. The fourth-order valence-corrected chi connectivity index (χ4v) is 1.52. The molecule has 0 unspecified atom stereocenters. The van der Waals surface area contributed by atoms with E-state index in [4.69, 9.17) is 4.74 Å². The lowest BCUT2D eigenvalue weighted by Crippen LogP contribution is -2.25. The van der Waals surface area contributed by atoms with E-state index >= 15 is 0 Å². The minimum atomic E-state index is -0.718. The van der Waals surface area contributed by atoms with Crippen LogP contribution < -0.4 is 4.74 Å². The van der Waals surface area contributed by atoms with Crippen molar-refractivity contribution in [1.29, 1.82) is 0 Å². The van der Waals surface area contributed by atoms with E-state index in [1.807, 2.05) is 0 Å². The Morgan fingerprint density at radius 3 is 1.94 bits per heavy atom. The molecule has 0 aliphatic heterocycles. The van der Waals surface area contributed by atoms with Gasteiger partial charge in [-0.25, -0.2) is 13.6 Å². The Kier molecular flexibility index (Phi) is 3.94. The van der Waals surface area contributed by atoms with Gasteiger partial charge in [0, 0.05) is 31.8 Å². The van der Waals surface area contributed by atoms with E-state index in [2.05, 4.69) is 0 Å². The first-order valence-electron chi connectivity index (χ1n) is 5.51. The van der Waals surface area contributed by atoms with Crippen LogP contribution in [0.4, 0.5) is 13.6 Å². The van der Waals surface area contributed by atoms with Gasteiger partial charge in [0.2, 0.25) is 0 Å². The standard InChI is InChI=1S/C13H17F2NO2/c1-13(2,3)11-9(14)6-8(7-10(11)15)18-12(17)16(4)5/h6-7H,1-5H3. The van der Waals surface area contributed by atoms with Crippen molar-refractivity contribution in [3.8, 4) is 5.75 Å². The van der Waals surface area contributed by atoms with Crippen molar-refractivity contribution >= 4 is 6.09 Å². The minimum Gasteiger partial charge on any atom is -0.410 e. The van der Waals surface area contributed by atoms with Crippen LogP contribution in [0.25, 0.3) is 0 Å². The van der Waals surface area contributed by atoms with Crippen LogP contribution in [0.15, 0.2) is 12.1 Å². The van der Waals surface area contributed by atoms with Gasteiger partial charge < -0.3 is 9.64 Å². The SMILES string of the molecule is CN(C)C(=O)Oc1cc(F)c(C(C)(C)C)c(F)c1. The highest BCUT2D eigenvalue weighted by atomic mass is 19.1. The second-order valence-corrected chi connectivity index (χ2v) is 5.27. The molecule has 3 nitrogen and oxygen atoms in total. The Balaban J connectivity index is 3.12. The normalized spacial score (nSPS) is 11.3. The molecule has 0 heterocycles. The maximum Gasteiger partial charge on any atom is 0.414 e. The van der Waals surface area contributed by atoms with Crippen molar-refractivity contribution in [2.24, 2.45) is 0 Å². The van der Waals surface area contributed by atoms with Gasteiger partial charge >= 0.3 is 6.09 Å². The van der Waals surface area contributed by atoms with Crippen LogP contribution in [-0.4, -0.2) is 25.1 Å². The summed E-state index contributed by atoms with van der Waals surface area (Å²) in [6, 6.07) is 2.04. The Labute approximate surface area is 105 Å². The molecule has 0 saturated heterocycles. The molecule has 0 aliphatic carbocycles. The number of rotatable bonds is 1. The summed E-state index contributed by atoms with van der Waals surface area (Å²) in [4.78, 5) is 12.4. The van der Waals surface area contributed by atoms with Gasteiger partial charge in [0.1, 0.15) is 17.4 Å². The van der Waals surface area contributed by atoms with Crippen LogP contribution in [0.3, 0.4) is 0 Å². The second-order valence-electron chi connectivity index (χ2n) is 5.27. The van der Waals surface area contributed by atoms with Gasteiger partial charge in [0.25, 0.3) is 0 Å². The molecular formula is C13H17F2NO2. The molecule has 0 spiro atoms. The van der Waals surface area contributed by atoms with Gasteiger partial charge in [0.15, 0.2) is 0 Å². The number of halogens is 2. The quantitative estimate of drug-likeness (QED) is 0.772. The van der Waals surface area contributed by atoms with Gasteiger partial charge in [-0.1, -0.05) is 20.8 Å². The second kappa shape index (κ2) is 4.92. The lowest BCUT2D eigenvalue weighted by molar-refractivity contribution is 0.171. The summed E-state index contributed by atoms with van der Waals surface area (Å²) in [6.07, 6.45) is -0.683. The maximum atomic E-state index is 13.8. The maximum absolute atomic E-state index is 13.8. The molecule has 1 rings (SSSR count). The summed E-state index contributed by atoms with van der Waals surface area (Å²) in [6.45, 7) is 5.12. The van der Waals surface area contributed by atoms with E-state index in [0.29, 0.717) is 0 Å². The summed E-state index contributed by atoms with van der Waals surface area (Å²) >= 11 is 0. The summed E-state index contributed by atoms with van der Waals surface area (Å²) in [5.74, 6) is -1.58. The first-order valence-corrected chi connectivity index (χ1v) is 5.51. The molecule has 1 amide bonds. The van der Waals surface area contributed by atoms with Crippen molar-refractivity contribution in [1.82, 2.24) is 4.90 Å². The smallest absolute Gasteiger partial charge is 0.410 e. The molecule has 5 heteroatoms. The van der Waals surface area contributed by atoms with Crippen LogP contribution >= 0.6 is 0 Å². The first-order chi connectivity index (χ1) is 8.12. The molecule has 0 fully saturated rings. The molecule has 0 bridgehead atoms. The Bertz CT molecular complexity index is 442. The van der Waals surface area contributed by atoms with Crippen LogP contribution in [0.1, 0.15) is 26.3 Å². The lowest BCUT2D eigenvalue weighted by Gasteiger charge is -2.21. The molecule has 100 valence electrons. The van der Waals surface area contributed by atoms with Gasteiger partial charge in [-0.2, -0.15) is 0 Å². The molecule has 0 N–H and O–H groups in total. The van der Waals surface area contributed by atoms with Crippen LogP contribution in [0, 0.1) is 11.6 Å². The van der Waals surface area contributed by atoms with Crippen LogP contribution in [-0.2, 0) is 5.41 Å². The van der Waals surface area contributed by atoms with Gasteiger partial charge in [-0.05, 0) is 5.41 Å². The number of carbonyl (C=O) groups excluding carboxylic acids is 1. The van der Waals surface area contributed by atoms with Gasteiger partial charge in [-0.3, -0.25) is 0 Å². The third-order valence-corrected chi connectivity index (χ3v) is 2.34. The Morgan fingerprint density at radius 1 is 1.17 bits per heavy atom. The van der Waals surface area contributed by atoms with E-state index in [1.165, 1.54) is 19.0 Å². The number of nitrogens with zero attached hydrogens (tertiary/aromatic N) is 1. The first kappa shape index (κ1) is 14.4. The van der Waals surface area contributed by atoms with Crippen LogP contribution in [0.5, 0.6) is 5.75 Å². The lowest BCUT2D eigenvalue weighted by atomic mass is 9.86. The van der Waals surface area contributed by atoms with Crippen LogP contribution in [0.2, 0.25) is 0 Å². The zero-order valence-electron chi connectivity index (χ0n) is 11.2. The zero-order valence-corrected chi connectivity index (χ0v) is 11.2. The Hall–Kier alpha value is -1.65. The van der Waals surface area contributed by atoms with Crippen molar-refractivity contribution in [2.75, 3.05) is 14.1 Å². The highest BCUT2D eigenvalue weighted by Gasteiger charge is 2.24. The van der Waals surface area contributed by atoms with Gasteiger partial charge in [-0.15, -0.1) is 0 Å².